The topological polar surface area (TPSA) is 18.5 Å². The maximum absolute atomic E-state index is 3.60. The zero-order chi connectivity index (χ0) is 13.3. The van der Waals surface area contributed by atoms with E-state index >= 15 is 0 Å². The van der Waals surface area contributed by atoms with Gasteiger partial charge in [0.15, 0.2) is 0 Å². The van der Waals surface area contributed by atoms with E-state index in [4.69, 9.17) is 0 Å². The molecule has 19 heavy (non-hydrogen) atoms. The summed E-state index contributed by atoms with van der Waals surface area (Å²) >= 11 is 0. The lowest BCUT2D eigenvalue weighted by Gasteiger charge is -2.47. The minimum atomic E-state index is 0.539. The van der Waals surface area contributed by atoms with Crippen molar-refractivity contribution < 1.29 is 0 Å². The van der Waals surface area contributed by atoms with Crippen molar-refractivity contribution in [1.29, 1.82) is 0 Å². The van der Waals surface area contributed by atoms with Gasteiger partial charge in [-0.25, -0.2) is 0 Å². The van der Waals surface area contributed by atoms with Crippen LogP contribution in [0.5, 0.6) is 0 Å². The predicted molar refractivity (Wildman–Crippen MR) is 80.4 cm³/mol. The van der Waals surface area contributed by atoms with Crippen LogP contribution >= 0.6 is 0 Å². The molecule has 3 fully saturated rings. The van der Waals surface area contributed by atoms with E-state index in [1.165, 1.54) is 71.5 Å². The van der Waals surface area contributed by atoms with Crippen LogP contribution in [-0.2, 0) is 0 Å². The first-order valence-corrected chi connectivity index (χ1v) is 8.37. The molecule has 3 heterocycles. The van der Waals surface area contributed by atoms with E-state index in [2.05, 4.69) is 29.0 Å². The first kappa shape index (κ1) is 13.8. The van der Waals surface area contributed by atoms with E-state index in [0.29, 0.717) is 5.41 Å². The molecule has 2 unspecified atom stereocenters. The number of rotatable bonds is 3. The highest BCUT2D eigenvalue weighted by molar-refractivity contribution is 4.95. The normalized spacial score (nSPS) is 37.7. The second-order valence-electron chi connectivity index (χ2n) is 7.36. The van der Waals surface area contributed by atoms with E-state index in [9.17, 15) is 0 Å². The van der Waals surface area contributed by atoms with Crippen LogP contribution in [0.1, 0.15) is 39.5 Å². The van der Waals surface area contributed by atoms with Crippen LogP contribution in [0.4, 0.5) is 0 Å². The van der Waals surface area contributed by atoms with Crippen molar-refractivity contribution in [2.24, 2.45) is 11.3 Å². The van der Waals surface area contributed by atoms with Crippen molar-refractivity contribution in [3.05, 3.63) is 0 Å². The number of hydrogen-bond acceptors (Lipinski definition) is 3. The first-order chi connectivity index (χ1) is 9.20. The maximum Gasteiger partial charge on any atom is 0.0223 e. The van der Waals surface area contributed by atoms with Crippen molar-refractivity contribution in [2.75, 3.05) is 45.8 Å². The summed E-state index contributed by atoms with van der Waals surface area (Å²) < 4.78 is 0. The van der Waals surface area contributed by atoms with Gasteiger partial charge in [-0.1, -0.05) is 20.3 Å². The smallest absolute Gasteiger partial charge is 0.0223 e. The Hall–Kier alpha value is -0.120. The van der Waals surface area contributed by atoms with Gasteiger partial charge in [-0.05, 0) is 43.7 Å². The molecule has 0 saturated carbocycles. The highest BCUT2D eigenvalue weighted by Gasteiger charge is 2.40. The van der Waals surface area contributed by atoms with Crippen LogP contribution in [-0.4, -0.2) is 61.7 Å². The van der Waals surface area contributed by atoms with Crippen LogP contribution in [0.25, 0.3) is 0 Å². The van der Waals surface area contributed by atoms with Gasteiger partial charge in [-0.15, -0.1) is 0 Å². The monoisotopic (exact) mass is 265 g/mol. The van der Waals surface area contributed by atoms with Crippen molar-refractivity contribution in [3.8, 4) is 0 Å². The zero-order valence-corrected chi connectivity index (χ0v) is 12.8. The second kappa shape index (κ2) is 5.71. The van der Waals surface area contributed by atoms with Gasteiger partial charge in [0.25, 0.3) is 0 Å². The summed E-state index contributed by atoms with van der Waals surface area (Å²) in [5.74, 6) is 0.798. The molecule has 3 nitrogen and oxygen atoms in total. The fourth-order valence-electron chi connectivity index (χ4n) is 4.38. The summed E-state index contributed by atoms with van der Waals surface area (Å²) in [5.41, 5.74) is 0.539. The van der Waals surface area contributed by atoms with Crippen molar-refractivity contribution >= 4 is 0 Å². The van der Waals surface area contributed by atoms with Crippen molar-refractivity contribution in [2.45, 2.75) is 45.6 Å². The predicted octanol–water partition coefficient (Wildman–Crippen LogP) is 1.79. The van der Waals surface area contributed by atoms with Gasteiger partial charge in [0.05, 0.1) is 0 Å². The molecular formula is C16H31N3. The first-order valence-electron chi connectivity index (χ1n) is 8.37. The quantitative estimate of drug-likeness (QED) is 0.839. The third-order valence-electron chi connectivity index (χ3n) is 5.96. The highest BCUT2D eigenvalue weighted by atomic mass is 15.3. The molecule has 3 aliphatic heterocycles. The molecule has 0 aromatic carbocycles. The van der Waals surface area contributed by atoms with Crippen LogP contribution in [0, 0.1) is 11.3 Å². The molecule has 110 valence electrons. The lowest BCUT2D eigenvalue weighted by Crippen LogP contribution is -2.57. The Bertz CT molecular complexity index is 296. The summed E-state index contributed by atoms with van der Waals surface area (Å²) in [6, 6.07) is 0.862. The Morgan fingerprint density at radius 3 is 2.84 bits per heavy atom. The Balaban J connectivity index is 1.60. The summed E-state index contributed by atoms with van der Waals surface area (Å²) in [6.45, 7) is 13.9. The molecule has 3 heteroatoms. The van der Waals surface area contributed by atoms with Crippen LogP contribution < -0.4 is 5.32 Å². The Morgan fingerprint density at radius 1 is 1.21 bits per heavy atom. The van der Waals surface area contributed by atoms with Gasteiger partial charge in [0.2, 0.25) is 0 Å². The van der Waals surface area contributed by atoms with Gasteiger partial charge in [0, 0.05) is 38.8 Å². The van der Waals surface area contributed by atoms with Gasteiger partial charge >= 0.3 is 0 Å². The number of nitrogens with zero attached hydrogens (tertiary/aromatic N) is 2. The number of hydrogen-bond donors (Lipinski definition) is 1. The average Bonchev–Trinajstić information content (AvgIpc) is 2.88. The third kappa shape index (κ3) is 2.84. The van der Waals surface area contributed by atoms with Crippen molar-refractivity contribution in [3.63, 3.8) is 0 Å². The summed E-state index contributed by atoms with van der Waals surface area (Å²) in [5, 5.41) is 3.60. The number of piperidine rings is 1. The average molecular weight is 265 g/mol. The van der Waals surface area contributed by atoms with E-state index in [1.807, 2.05) is 0 Å². The van der Waals surface area contributed by atoms with Crippen LogP contribution in [0.3, 0.4) is 0 Å². The molecule has 1 N–H and O–H groups in total. The fraction of sp³-hybridized carbons (Fsp3) is 1.00. The van der Waals surface area contributed by atoms with E-state index in [0.717, 1.165) is 12.0 Å². The molecular weight excluding hydrogens is 234 g/mol. The number of fused-ring (bicyclic) bond motifs is 1. The van der Waals surface area contributed by atoms with Gasteiger partial charge < -0.3 is 5.32 Å². The summed E-state index contributed by atoms with van der Waals surface area (Å²) in [6.07, 6.45) is 5.68. The lowest BCUT2D eigenvalue weighted by atomic mass is 9.75. The molecule has 0 bridgehead atoms. The SMILES string of the molecule is CC(C)C1(CN2CCN3CCCCC3C2)CCNC1. The van der Waals surface area contributed by atoms with Crippen LogP contribution in [0.15, 0.2) is 0 Å². The van der Waals surface area contributed by atoms with Gasteiger partial charge in [-0.3, -0.25) is 9.80 Å². The molecule has 3 aliphatic rings. The fourth-order valence-corrected chi connectivity index (χ4v) is 4.38. The number of nitrogens with one attached hydrogen (secondary N) is 1. The van der Waals surface area contributed by atoms with E-state index in [1.54, 1.807) is 0 Å². The highest BCUT2D eigenvalue weighted by Crippen LogP contribution is 2.36. The Kier molecular flexibility index (Phi) is 4.16. The molecule has 0 spiro atoms. The summed E-state index contributed by atoms with van der Waals surface area (Å²) in [4.78, 5) is 5.52. The maximum atomic E-state index is 3.60. The van der Waals surface area contributed by atoms with Gasteiger partial charge in [0.1, 0.15) is 0 Å². The number of piperazine rings is 1. The molecule has 0 aliphatic carbocycles. The van der Waals surface area contributed by atoms with Gasteiger partial charge in [-0.2, -0.15) is 0 Å². The molecule has 0 radical (unpaired) electrons. The third-order valence-corrected chi connectivity index (χ3v) is 5.96. The lowest BCUT2D eigenvalue weighted by molar-refractivity contribution is 0.0189. The minimum absolute atomic E-state index is 0.539. The second-order valence-corrected chi connectivity index (χ2v) is 7.36. The Labute approximate surface area is 118 Å². The van der Waals surface area contributed by atoms with Crippen LogP contribution in [0.2, 0.25) is 0 Å². The molecule has 3 rings (SSSR count). The molecule has 0 amide bonds. The minimum Gasteiger partial charge on any atom is -0.316 e. The Morgan fingerprint density at radius 2 is 2.11 bits per heavy atom. The van der Waals surface area contributed by atoms with E-state index in [-0.39, 0.29) is 0 Å². The molecule has 2 atom stereocenters. The van der Waals surface area contributed by atoms with Crippen molar-refractivity contribution in [1.82, 2.24) is 15.1 Å². The molecule has 0 aromatic rings. The summed E-state index contributed by atoms with van der Waals surface area (Å²) in [7, 11) is 0. The standard InChI is InChI=1S/C16H31N3/c1-14(2)16(6-7-17-12-16)13-18-9-10-19-8-4-3-5-15(19)11-18/h14-15,17H,3-13H2,1-2H3. The van der Waals surface area contributed by atoms with E-state index < -0.39 is 0 Å². The molecule has 3 saturated heterocycles. The largest absolute Gasteiger partial charge is 0.316 e. The molecule has 0 aromatic heterocycles. The zero-order valence-electron chi connectivity index (χ0n) is 12.8.